The number of amides is 3. The fourth-order valence-corrected chi connectivity index (χ4v) is 3.66. The van der Waals surface area contributed by atoms with Gasteiger partial charge in [0.1, 0.15) is 0 Å². The number of carbonyl (C=O) groups is 3. The minimum atomic E-state index is -0.187. The normalized spacial score (nSPS) is 13.7. The van der Waals surface area contributed by atoms with Crippen LogP contribution in [0.25, 0.3) is 10.9 Å². The third-order valence-corrected chi connectivity index (χ3v) is 5.38. The second-order valence-electron chi connectivity index (χ2n) is 7.77. The monoisotopic (exact) mass is 416 g/mol. The molecule has 1 aliphatic rings. The summed E-state index contributed by atoms with van der Waals surface area (Å²) in [5.74, 6) is -0.501. The Hall–Kier alpha value is -3.74. The number of aromatic nitrogens is 1. The highest BCUT2D eigenvalue weighted by molar-refractivity contribution is 5.99. The standard InChI is InChI=1S/C24H24N4O3/c1-15-3-8-21-19(11-15)12-20(16(2)27-21)23(30)26-13-17-4-6-18(7-5-17)24(31)28-10-9-25-22(29)14-28/h3-8,11-12H,9-10,13-14H2,1-2H3,(H,25,29)(H,26,30). The summed E-state index contributed by atoms with van der Waals surface area (Å²) >= 11 is 0. The molecule has 1 saturated heterocycles. The highest BCUT2D eigenvalue weighted by Crippen LogP contribution is 2.18. The first-order valence-electron chi connectivity index (χ1n) is 10.2. The van der Waals surface area contributed by atoms with E-state index in [2.05, 4.69) is 15.6 Å². The zero-order valence-corrected chi connectivity index (χ0v) is 17.6. The van der Waals surface area contributed by atoms with Gasteiger partial charge in [-0.2, -0.15) is 0 Å². The smallest absolute Gasteiger partial charge is 0.254 e. The molecule has 7 nitrogen and oxygen atoms in total. The van der Waals surface area contributed by atoms with Gasteiger partial charge in [-0.25, -0.2) is 0 Å². The van der Waals surface area contributed by atoms with E-state index in [4.69, 9.17) is 0 Å². The average molecular weight is 416 g/mol. The zero-order chi connectivity index (χ0) is 22.0. The van der Waals surface area contributed by atoms with Crippen molar-refractivity contribution in [3.05, 3.63) is 76.5 Å². The summed E-state index contributed by atoms with van der Waals surface area (Å²) in [7, 11) is 0. The number of benzene rings is 2. The van der Waals surface area contributed by atoms with Crippen LogP contribution in [0.5, 0.6) is 0 Å². The number of rotatable bonds is 4. The molecule has 158 valence electrons. The van der Waals surface area contributed by atoms with Crippen molar-refractivity contribution in [2.75, 3.05) is 19.6 Å². The number of fused-ring (bicyclic) bond motifs is 1. The van der Waals surface area contributed by atoms with Gasteiger partial charge in [0.25, 0.3) is 11.8 Å². The highest BCUT2D eigenvalue weighted by Gasteiger charge is 2.22. The second kappa shape index (κ2) is 8.55. The Morgan fingerprint density at radius 1 is 1.10 bits per heavy atom. The van der Waals surface area contributed by atoms with Gasteiger partial charge in [-0.1, -0.05) is 23.8 Å². The first kappa shape index (κ1) is 20.5. The fourth-order valence-electron chi connectivity index (χ4n) is 3.66. The van der Waals surface area contributed by atoms with Crippen molar-refractivity contribution in [1.29, 1.82) is 0 Å². The summed E-state index contributed by atoms with van der Waals surface area (Å²) in [4.78, 5) is 42.8. The third kappa shape index (κ3) is 4.55. The summed E-state index contributed by atoms with van der Waals surface area (Å²) in [6, 6.07) is 14.9. The van der Waals surface area contributed by atoms with Gasteiger partial charge in [0.05, 0.1) is 23.3 Å². The van der Waals surface area contributed by atoms with Crippen LogP contribution in [-0.2, 0) is 11.3 Å². The van der Waals surface area contributed by atoms with E-state index in [9.17, 15) is 14.4 Å². The maximum atomic E-state index is 12.7. The quantitative estimate of drug-likeness (QED) is 0.683. The van der Waals surface area contributed by atoms with E-state index in [0.29, 0.717) is 36.5 Å². The lowest BCUT2D eigenvalue weighted by atomic mass is 10.1. The van der Waals surface area contributed by atoms with Crippen molar-refractivity contribution < 1.29 is 14.4 Å². The van der Waals surface area contributed by atoms with E-state index in [1.165, 1.54) is 4.90 Å². The molecule has 3 amide bonds. The lowest BCUT2D eigenvalue weighted by Gasteiger charge is -2.26. The number of aryl methyl sites for hydroxylation is 2. The topological polar surface area (TPSA) is 91.4 Å². The van der Waals surface area contributed by atoms with Gasteiger partial charge in [-0.05, 0) is 49.7 Å². The Kier molecular flexibility index (Phi) is 5.66. The number of nitrogens with one attached hydrogen (secondary N) is 2. The summed E-state index contributed by atoms with van der Waals surface area (Å²) in [6.45, 7) is 5.22. The number of hydrogen-bond acceptors (Lipinski definition) is 4. The second-order valence-corrected chi connectivity index (χ2v) is 7.77. The molecule has 0 saturated carbocycles. The number of carbonyl (C=O) groups excluding carboxylic acids is 3. The summed E-state index contributed by atoms with van der Waals surface area (Å²) in [5, 5.41) is 6.57. The molecule has 1 fully saturated rings. The molecule has 1 aliphatic heterocycles. The van der Waals surface area contributed by atoms with E-state index in [-0.39, 0.29) is 24.3 Å². The molecular formula is C24H24N4O3. The van der Waals surface area contributed by atoms with Gasteiger partial charge in [0.2, 0.25) is 5.91 Å². The summed E-state index contributed by atoms with van der Waals surface area (Å²) in [6.07, 6.45) is 0. The van der Waals surface area contributed by atoms with Crippen molar-refractivity contribution in [2.45, 2.75) is 20.4 Å². The number of nitrogens with zero attached hydrogens (tertiary/aromatic N) is 2. The molecule has 0 aliphatic carbocycles. The molecule has 2 aromatic carbocycles. The molecule has 2 N–H and O–H groups in total. The van der Waals surface area contributed by atoms with Crippen LogP contribution in [0.1, 0.15) is 37.5 Å². The first-order chi connectivity index (χ1) is 14.9. The van der Waals surface area contributed by atoms with Crippen molar-refractivity contribution in [3.63, 3.8) is 0 Å². The van der Waals surface area contributed by atoms with Gasteiger partial charge >= 0.3 is 0 Å². The molecule has 31 heavy (non-hydrogen) atoms. The SMILES string of the molecule is Cc1ccc2nc(C)c(C(=O)NCc3ccc(C(=O)N4CCNC(=O)C4)cc3)cc2c1. The predicted octanol–water partition coefficient (Wildman–Crippen LogP) is 2.35. The first-order valence-corrected chi connectivity index (χ1v) is 10.2. The van der Waals surface area contributed by atoms with Crippen LogP contribution in [0.2, 0.25) is 0 Å². The van der Waals surface area contributed by atoms with Crippen LogP contribution in [0, 0.1) is 13.8 Å². The van der Waals surface area contributed by atoms with Crippen molar-refractivity contribution in [1.82, 2.24) is 20.5 Å². The van der Waals surface area contributed by atoms with Crippen LogP contribution >= 0.6 is 0 Å². The van der Waals surface area contributed by atoms with E-state index >= 15 is 0 Å². The number of hydrogen-bond donors (Lipinski definition) is 2. The molecule has 0 bridgehead atoms. The van der Waals surface area contributed by atoms with E-state index in [1.807, 2.05) is 50.2 Å². The number of pyridine rings is 1. The third-order valence-electron chi connectivity index (χ3n) is 5.38. The van der Waals surface area contributed by atoms with Gasteiger partial charge < -0.3 is 15.5 Å². The van der Waals surface area contributed by atoms with Crippen molar-refractivity contribution in [2.24, 2.45) is 0 Å². The minimum Gasteiger partial charge on any atom is -0.353 e. The minimum absolute atomic E-state index is 0.0787. The molecule has 3 aromatic rings. The predicted molar refractivity (Wildman–Crippen MR) is 118 cm³/mol. The molecule has 7 heteroatoms. The van der Waals surface area contributed by atoms with E-state index < -0.39 is 0 Å². The lowest BCUT2D eigenvalue weighted by molar-refractivity contribution is -0.123. The lowest BCUT2D eigenvalue weighted by Crippen LogP contribution is -2.49. The van der Waals surface area contributed by atoms with Gasteiger partial charge in [0, 0.05) is 30.6 Å². The van der Waals surface area contributed by atoms with Crippen LogP contribution in [0.3, 0.4) is 0 Å². The van der Waals surface area contributed by atoms with Crippen LogP contribution < -0.4 is 10.6 Å². The van der Waals surface area contributed by atoms with Crippen molar-refractivity contribution in [3.8, 4) is 0 Å². The van der Waals surface area contributed by atoms with Crippen LogP contribution in [0.4, 0.5) is 0 Å². The Morgan fingerprint density at radius 2 is 1.87 bits per heavy atom. The van der Waals surface area contributed by atoms with Gasteiger partial charge in [0.15, 0.2) is 0 Å². The van der Waals surface area contributed by atoms with Crippen molar-refractivity contribution >= 4 is 28.6 Å². The average Bonchev–Trinajstić information content (AvgIpc) is 2.77. The Labute approximate surface area is 180 Å². The maximum Gasteiger partial charge on any atom is 0.254 e. The number of piperazine rings is 1. The van der Waals surface area contributed by atoms with Gasteiger partial charge in [-0.15, -0.1) is 0 Å². The Bertz CT molecular complexity index is 1170. The molecule has 1 aromatic heterocycles. The molecule has 0 unspecified atom stereocenters. The van der Waals surface area contributed by atoms with Crippen LogP contribution in [-0.4, -0.2) is 47.2 Å². The molecule has 0 atom stereocenters. The Morgan fingerprint density at radius 3 is 2.61 bits per heavy atom. The summed E-state index contributed by atoms with van der Waals surface area (Å²) < 4.78 is 0. The van der Waals surface area contributed by atoms with E-state index in [0.717, 1.165) is 22.0 Å². The molecule has 0 spiro atoms. The largest absolute Gasteiger partial charge is 0.353 e. The zero-order valence-electron chi connectivity index (χ0n) is 17.6. The van der Waals surface area contributed by atoms with E-state index in [1.54, 1.807) is 12.1 Å². The van der Waals surface area contributed by atoms with Crippen LogP contribution in [0.15, 0.2) is 48.5 Å². The summed E-state index contributed by atoms with van der Waals surface area (Å²) in [5.41, 5.74) is 4.61. The van der Waals surface area contributed by atoms with Gasteiger partial charge in [-0.3, -0.25) is 19.4 Å². The highest BCUT2D eigenvalue weighted by atomic mass is 16.2. The molecule has 0 radical (unpaired) electrons. The maximum absolute atomic E-state index is 12.7. The fraction of sp³-hybridized carbons (Fsp3) is 0.250. The molecular weight excluding hydrogens is 392 g/mol. The Balaban J connectivity index is 1.42. The molecule has 4 rings (SSSR count). The molecule has 2 heterocycles.